The molecule has 0 bridgehead atoms. The molecule has 1 aromatic rings. The molecule has 0 spiro atoms. The van der Waals surface area contributed by atoms with Crippen LogP contribution in [-0.2, 0) is 9.53 Å². The first-order chi connectivity index (χ1) is 13.8. The molecule has 6 atom stereocenters. The minimum Gasteiger partial charge on any atom is -0.468 e. The van der Waals surface area contributed by atoms with Gasteiger partial charge in [-0.3, -0.25) is 4.79 Å². The summed E-state index contributed by atoms with van der Waals surface area (Å²) in [6.45, 7) is 2.54. The first kappa shape index (κ1) is 21.6. The molecule has 0 amide bonds. The van der Waals surface area contributed by atoms with Crippen LogP contribution in [0.4, 0.5) is 0 Å². The highest BCUT2D eigenvalue weighted by atomic mass is 32.2. The van der Waals surface area contributed by atoms with Crippen molar-refractivity contribution in [3.8, 4) is 6.07 Å². The van der Waals surface area contributed by atoms with Crippen LogP contribution in [0.3, 0.4) is 0 Å². The van der Waals surface area contributed by atoms with E-state index in [2.05, 4.69) is 11.4 Å². The Balaban J connectivity index is 1.99. The lowest BCUT2D eigenvalue weighted by molar-refractivity contribution is -0.205. The summed E-state index contributed by atoms with van der Waals surface area (Å²) in [5.74, 6) is -0.540. The molecule has 0 aliphatic carbocycles. The van der Waals surface area contributed by atoms with E-state index in [1.165, 1.54) is 13.2 Å². The van der Waals surface area contributed by atoms with Gasteiger partial charge < -0.3 is 34.9 Å². The largest absolute Gasteiger partial charge is 0.468 e. The highest BCUT2D eigenvalue weighted by Gasteiger charge is 2.45. The number of nitrogens with one attached hydrogen (secondary N) is 1. The Hall–Kier alpha value is -2.13. The minimum absolute atomic E-state index is 0.192. The third-order valence-electron chi connectivity index (χ3n) is 4.94. The van der Waals surface area contributed by atoms with Gasteiger partial charge in [0.15, 0.2) is 5.78 Å². The highest BCUT2D eigenvalue weighted by Crippen LogP contribution is 2.43. The predicted molar refractivity (Wildman–Crippen MR) is 102 cm³/mol. The van der Waals surface area contributed by atoms with Crippen molar-refractivity contribution in [2.75, 3.05) is 6.61 Å². The Bertz CT molecular complexity index is 872. The molecule has 0 radical (unpaired) electrons. The number of Topliss-reactive ketones (excluding diaryl/α,β-unsaturated/α-hetero) is 1. The Kier molecular flexibility index (Phi) is 6.48. The number of nitrogens with zero attached hydrogens (tertiary/aromatic N) is 1. The molecular weight excluding hydrogens is 400 g/mol. The van der Waals surface area contributed by atoms with Crippen LogP contribution in [0.2, 0.25) is 0 Å². The SMILES string of the molecule is CC(=O)C1=C(C)NC(S[C@@H]2O[C@H](CO)[C@@H](O)[C@H](O)[C@H]2O)=C(C#N)C1c1ccco1. The summed E-state index contributed by atoms with van der Waals surface area (Å²) in [6, 6.07) is 5.42. The number of dihydropyridines is 1. The van der Waals surface area contributed by atoms with E-state index < -0.39 is 42.4 Å². The van der Waals surface area contributed by atoms with Gasteiger partial charge in [-0.25, -0.2) is 0 Å². The standard InChI is InChI=1S/C19H22N2O7S/c1-8-13(9(2)23)14(11-4-3-5-27-11)10(6-20)18(21-8)29-19-17(26)16(25)15(24)12(7-22)28-19/h3-5,12,14-17,19,21-22,24-26H,7H2,1-2H3/t12-,14?,15-,16+,17-,19+/m1/s1. The first-order valence-corrected chi connectivity index (χ1v) is 9.81. The van der Waals surface area contributed by atoms with Crippen LogP contribution in [0.15, 0.2) is 44.7 Å². The summed E-state index contributed by atoms with van der Waals surface area (Å²) >= 11 is 0.930. The third-order valence-corrected chi connectivity index (χ3v) is 6.12. The van der Waals surface area contributed by atoms with Crippen molar-refractivity contribution in [1.29, 1.82) is 5.26 Å². The number of aliphatic hydroxyl groups is 4. The van der Waals surface area contributed by atoms with Crippen LogP contribution in [0.25, 0.3) is 0 Å². The maximum Gasteiger partial charge on any atom is 0.158 e. The molecule has 29 heavy (non-hydrogen) atoms. The minimum atomic E-state index is -1.53. The Morgan fingerprint density at radius 3 is 2.59 bits per heavy atom. The number of furan rings is 1. The van der Waals surface area contributed by atoms with Crippen LogP contribution >= 0.6 is 11.8 Å². The number of allylic oxidation sites excluding steroid dienone is 3. The van der Waals surface area contributed by atoms with E-state index >= 15 is 0 Å². The highest BCUT2D eigenvalue weighted by molar-refractivity contribution is 8.03. The van der Waals surface area contributed by atoms with Gasteiger partial charge >= 0.3 is 0 Å². The van der Waals surface area contributed by atoms with Gasteiger partial charge in [0.05, 0.1) is 35.5 Å². The van der Waals surface area contributed by atoms with Crippen molar-refractivity contribution < 1.29 is 34.4 Å². The van der Waals surface area contributed by atoms with E-state index in [0.29, 0.717) is 22.1 Å². The monoisotopic (exact) mass is 422 g/mol. The molecule has 2 aliphatic heterocycles. The molecule has 0 aromatic carbocycles. The number of carbonyl (C=O) groups is 1. The van der Waals surface area contributed by atoms with Crippen LogP contribution in [0.1, 0.15) is 25.5 Å². The molecule has 1 unspecified atom stereocenters. The quantitative estimate of drug-likeness (QED) is 0.441. The maximum absolute atomic E-state index is 12.3. The van der Waals surface area contributed by atoms with Crippen molar-refractivity contribution in [2.24, 2.45) is 0 Å². The fraction of sp³-hybridized carbons (Fsp3) is 0.474. The second-order valence-corrected chi connectivity index (χ2v) is 7.95. The van der Waals surface area contributed by atoms with Gasteiger partial charge in [0.1, 0.15) is 35.6 Å². The average molecular weight is 422 g/mol. The molecular formula is C19H22N2O7S. The molecule has 156 valence electrons. The van der Waals surface area contributed by atoms with Crippen LogP contribution < -0.4 is 5.32 Å². The smallest absolute Gasteiger partial charge is 0.158 e. The van der Waals surface area contributed by atoms with Gasteiger partial charge in [-0.15, -0.1) is 0 Å². The second kappa shape index (κ2) is 8.71. The molecule has 5 N–H and O–H groups in total. The second-order valence-electron chi connectivity index (χ2n) is 6.84. The number of hydrogen-bond acceptors (Lipinski definition) is 10. The zero-order valence-corrected chi connectivity index (χ0v) is 16.6. The van der Waals surface area contributed by atoms with Crippen molar-refractivity contribution >= 4 is 17.5 Å². The molecule has 3 rings (SSSR count). The molecule has 0 saturated carbocycles. The number of thioether (sulfide) groups is 1. The van der Waals surface area contributed by atoms with E-state index in [0.717, 1.165) is 11.8 Å². The molecule has 1 aromatic heterocycles. The van der Waals surface area contributed by atoms with Gasteiger partial charge in [0, 0.05) is 11.3 Å². The zero-order valence-electron chi connectivity index (χ0n) is 15.8. The number of nitriles is 1. The van der Waals surface area contributed by atoms with Gasteiger partial charge in [-0.2, -0.15) is 5.26 Å². The van der Waals surface area contributed by atoms with Crippen molar-refractivity contribution in [3.63, 3.8) is 0 Å². The fourth-order valence-electron chi connectivity index (χ4n) is 3.49. The third kappa shape index (κ3) is 3.98. The summed E-state index contributed by atoms with van der Waals surface area (Å²) in [4.78, 5) is 12.3. The van der Waals surface area contributed by atoms with E-state index in [1.54, 1.807) is 19.1 Å². The number of aliphatic hydroxyl groups excluding tert-OH is 4. The molecule has 2 aliphatic rings. The van der Waals surface area contributed by atoms with Crippen LogP contribution in [0, 0.1) is 11.3 Å². The fourth-order valence-corrected chi connectivity index (χ4v) is 4.73. The zero-order chi connectivity index (χ0) is 21.3. The average Bonchev–Trinajstić information content (AvgIpc) is 3.22. The van der Waals surface area contributed by atoms with E-state index in [9.17, 15) is 30.5 Å². The van der Waals surface area contributed by atoms with E-state index in [1.807, 2.05) is 0 Å². The molecule has 3 heterocycles. The maximum atomic E-state index is 12.3. The van der Waals surface area contributed by atoms with Crippen molar-refractivity contribution in [1.82, 2.24) is 5.32 Å². The van der Waals surface area contributed by atoms with Crippen molar-refractivity contribution in [3.05, 3.63) is 46.0 Å². The summed E-state index contributed by atoms with van der Waals surface area (Å²) in [5.41, 5.74) is 0.0256. The Morgan fingerprint density at radius 1 is 1.31 bits per heavy atom. The summed E-state index contributed by atoms with van der Waals surface area (Å²) < 4.78 is 11.0. The van der Waals surface area contributed by atoms with Gasteiger partial charge in [-0.05, 0) is 26.0 Å². The molecule has 1 saturated heterocycles. The lowest BCUT2D eigenvalue weighted by atomic mass is 9.84. The normalized spacial score (nSPS) is 32.7. The number of hydrogen-bond donors (Lipinski definition) is 5. The first-order valence-electron chi connectivity index (χ1n) is 8.93. The van der Waals surface area contributed by atoms with E-state index in [-0.39, 0.29) is 11.4 Å². The van der Waals surface area contributed by atoms with Gasteiger partial charge in [0.25, 0.3) is 0 Å². The number of ketones is 1. The van der Waals surface area contributed by atoms with E-state index in [4.69, 9.17) is 9.15 Å². The van der Waals surface area contributed by atoms with Crippen LogP contribution in [0.5, 0.6) is 0 Å². The van der Waals surface area contributed by atoms with Gasteiger partial charge in [0.2, 0.25) is 0 Å². The lowest BCUT2D eigenvalue weighted by Gasteiger charge is -2.40. The molecule has 1 fully saturated rings. The predicted octanol–water partition coefficient (Wildman–Crippen LogP) is 0.0977. The van der Waals surface area contributed by atoms with Crippen LogP contribution in [-0.4, -0.2) is 62.7 Å². The van der Waals surface area contributed by atoms with Gasteiger partial charge in [-0.1, -0.05) is 11.8 Å². The number of rotatable bonds is 5. The number of carbonyl (C=O) groups excluding carboxylic acids is 1. The lowest BCUT2D eigenvalue weighted by Crippen LogP contribution is -2.57. The Morgan fingerprint density at radius 2 is 2.03 bits per heavy atom. The number of ether oxygens (including phenoxy) is 1. The summed E-state index contributed by atoms with van der Waals surface area (Å²) in [5, 5.41) is 52.8. The molecule has 10 heteroatoms. The summed E-state index contributed by atoms with van der Waals surface area (Å²) in [6.07, 6.45) is -4.08. The topological polar surface area (TPSA) is 156 Å². The summed E-state index contributed by atoms with van der Waals surface area (Å²) in [7, 11) is 0. The van der Waals surface area contributed by atoms with Crippen molar-refractivity contribution in [2.45, 2.75) is 49.6 Å². The molecule has 9 nitrogen and oxygen atoms in total. The Labute approximate surface area is 171 Å².